The standard InChI is InChI=1S/C25H39ClN2O4S/c1-15-14-27(25(30)17-4-3-5-17)24-12-18(6-9-23(24)28(15)16(2)29)19-10-20(26)13-22(11-19)33(31,32)21-7-8-21/h15,17-24H,3-14H2,1-2H3/t15-,18?,19?,20?,22?,23?,24?/m0/s1. The number of nitrogens with zero attached hydrogens (tertiary/aromatic N) is 2. The zero-order valence-corrected chi connectivity index (χ0v) is 21.6. The Bertz CT molecular complexity index is 887. The van der Waals surface area contributed by atoms with Gasteiger partial charge in [0.05, 0.1) is 22.6 Å². The lowest BCUT2D eigenvalue weighted by Crippen LogP contribution is -2.68. The number of rotatable bonds is 4. The third-order valence-electron chi connectivity index (χ3n) is 9.38. The molecule has 5 fully saturated rings. The van der Waals surface area contributed by atoms with Gasteiger partial charge in [-0.15, -0.1) is 11.6 Å². The van der Waals surface area contributed by atoms with Gasteiger partial charge in [0, 0.05) is 30.8 Å². The molecule has 186 valence electrons. The van der Waals surface area contributed by atoms with Gasteiger partial charge in [-0.1, -0.05) is 6.42 Å². The SMILES string of the molecule is CC(=O)N1C2CCC(C3CC(Cl)CC(S(=O)(=O)C4CC4)C3)CC2N(C(=O)C2CCC2)C[C@@H]1C. The Morgan fingerprint density at radius 3 is 2.18 bits per heavy atom. The first-order valence-corrected chi connectivity index (χ1v) is 15.2. The van der Waals surface area contributed by atoms with E-state index in [2.05, 4.69) is 11.8 Å². The second kappa shape index (κ2) is 9.00. The highest BCUT2D eigenvalue weighted by Gasteiger charge is 2.51. The summed E-state index contributed by atoms with van der Waals surface area (Å²) >= 11 is 6.64. The van der Waals surface area contributed by atoms with Crippen molar-refractivity contribution >= 4 is 33.3 Å². The minimum absolute atomic E-state index is 0.0410. The summed E-state index contributed by atoms with van der Waals surface area (Å²) < 4.78 is 26.0. The molecule has 4 aliphatic carbocycles. The van der Waals surface area contributed by atoms with Crippen LogP contribution in [0.4, 0.5) is 0 Å². The number of halogens is 1. The molecule has 0 radical (unpaired) electrons. The molecular formula is C25H39ClN2O4S. The summed E-state index contributed by atoms with van der Waals surface area (Å²) in [6.45, 7) is 4.33. The molecule has 33 heavy (non-hydrogen) atoms. The van der Waals surface area contributed by atoms with Crippen molar-refractivity contribution in [2.45, 2.75) is 118 Å². The molecule has 0 aromatic carbocycles. The minimum Gasteiger partial charge on any atom is -0.335 e. The zero-order valence-electron chi connectivity index (χ0n) is 20.0. The Morgan fingerprint density at radius 1 is 0.848 bits per heavy atom. The number of hydrogen-bond donors (Lipinski definition) is 0. The van der Waals surface area contributed by atoms with Crippen LogP contribution in [0.3, 0.4) is 0 Å². The summed E-state index contributed by atoms with van der Waals surface area (Å²) in [5.74, 6) is 1.17. The van der Waals surface area contributed by atoms with E-state index in [0.717, 1.165) is 57.8 Å². The molecule has 2 amide bonds. The third kappa shape index (κ3) is 4.46. The second-order valence-corrected chi connectivity index (χ2v) is 14.7. The number of alkyl halides is 1. The normalized spacial score (nSPS) is 40.2. The fraction of sp³-hybridized carbons (Fsp3) is 0.920. The zero-order chi connectivity index (χ0) is 23.5. The summed E-state index contributed by atoms with van der Waals surface area (Å²) in [6.07, 6.45) is 9.61. The van der Waals surface area contributed by atoms with Crippen LogP contribution in [0.15, 0.2) is 0 Å². The summed E-state index contributed by atoms with van der Waals surface area (Å²) in [5.41, 5.74) is 0. The van der Waals surface area contributed by atoms with E-state index in [1.165, 1.54) is 0 Å². The van der Waals surface area contributed by atoms with Gasteiger partial charge < -0.3 is 9.80 Å². The molecule has 1 saturated heterocycles. The molecule has 0 N–H and O–H groups in total. The van der Waals surface area contributed by atoms with Crippen molar-refractivity contribution in [2.75, 3.05) is 6.54 Å². The predicted octanol–water partition coefficient (Wildman–Crippen LogP) is 3.76. The van der Waals surface area contributed by atoms with Crippen LogP contribution in [-0.2, 0) is 19.4 Å². The van der Waals surface area contributed by atoms with Crippen LogP contribution in [0.2, 0.25) is 0 Å². The van der Waals surface area contributed by atoms with Crippen molar-refractivity contribution in [2.24, 2.45) is 17.8 Å². The smallest absolute Gasteiger partial charge is 0.226 e. The molecule has 1 heterocycles. The van der Waals surface area contributed by atoms with E-state index in [9.17, 15) is 18.0 Å². The molecule has 8 heteroatoms. The van der Waals surface area contributed by atoms with Crippen molar-refractivity contribution in [1.29, 1.82) is 0 Å². The molecule has 1 aliphatic heterocycles. The van der Waals surface area contributed by atoms with E-state index < -0.39 is 9.84 Å². The largest absolute Gasteiger partial charge is 0.335 e. The summed E-state index contributed by atoms with van der Waals surface area (Å²) in [7, 11) is -3.08. The Labute approximate surface area is 203 Å². The van der Waals surface area contributed by atoms with E-state index in [1.807, 2.05) is 4.90 Å². The van der Waals surface area contributed by atoms with Crippen LogP contribution in [0.5, 0.6) is 0 Å². The number of hydrogen-bond acceptors (Lipinski definition) is 4. The molecule has 0 spiro atoms. The van der Waals surface area contributed by atoms with Crippen LogP contribution in [-0.4, -0.2) is 70.6 Å². The van der Waals surface area contributed by atoms with Crippen LogP contribution >= 0.6 is 11.6 Å². The average molecular weight is 499 g/mol. The molecule has 0 bridgehead atoms. The maximum atomic E-state index is 13.4. The first kappa shape index (κ1) is 23.9. The van der Waals surface area contributed by atoms with Gasteiger partial charge in [-0.25, -0.2) is 8.42 Å². The lowest BCUT2D eigenvalue weighted by molar-refractivity contribution is -0.159. The first-order chi connectivity index (χ1) is 15.7. The van der Waals surface area contributed by atoms with Gasteiger partial charge in [0.2, 0.25) is 11.8 Å². The molecule has 4 saturated carbocycles. The van der Waals surface area contributed by atoms with Gasteiger partial charge in [-0.05, 0) is 83.0 Å². The molecule has 6 nitrogen and oxygen atoms in total. The lowest BCUT2D eigenvalue weighted by atomic mass is 9.69. The number of carbonyl (C=O) groups is 2. The van der Waals surface area contributed by atoms with Crippen molar-refractivity contribution < 1.29 is 18.0 Å². The summed E-state index contributed by atoms with van der Waals surface area (Å²) in [6, 6.07) is 0.165. The Balaban J connectivity index is 1.35. The van der Waals surface area contributed by atoms with Crippen molar-refractivity contribution in [3.63, 3.8) is 0 Å². The van der Waals surface area contributed by atoms with E-state index in [0.29, 0.717) is 25.3 Å². The highest BCUT2D eigenvalue weighted by atomic mass is 35.5. The molecule has 5 aliphatic rings. The minimum atomic E-state index is -3.08. The van der Waals surface area contributed by atoms with Crippen molar-refractivity contribution in [1.82, 2.24) is 9.80 Å². The second-order valence-electron chi connectivity index (χ2n) is 11.6. The third-order valence-corrected chi connectivity index (χ3v) is 12.5. The lowest BCUT2D eigenvalue weighted by Gasteiger charge is -2.56. The Hall–Kier alpha value is -0.820. The fourth-order valence-electron chi connectivity index (χ4n) is 7.33. The summed E-state index contributed by atoms with van der Waals surface area (Å²) in [5, 5.41) is -0.537. The Kier molecular flexibility index (Phi) is 6.52. The number of piperazine rings is 1. The number of amides is 2. The molecule has 6 unspecified atom stereocenters. The van der Waals surface area contributed by atoms with Gasteiger partial charge in [0.1, 0.15) is 0 Å². The average Bonchev–Trinajstić information content (AvgIpc) is 3.56. The molecular weight excluding hydrogens is 460 g/mol. The van der Waals surface area contributed by atoms with E-state index in [1.54, 1.807) is 6.92 Å². The van der Waals surface area contributed by atoms with Gasteiger partial charge in [-0.3, -0.25) is 9.59 Å². The van der Waals surface area contributed by atoms with E-state index in [-0.39, 0.29) is 57.7 Å². The molecule has 7 atom stereocenters. The van der Waals surface area contributed by atoms with Gasteiger partial charge in [0.25, 0.3) is 0 Å². The van der Waals surface area contributed by atoms with Crippen molar-refractivity contribution in [3.8, 4) is 0 Å². The van der Waals surface area contributed by atoms with E-state index >= 15 is 0 Å². The van der Waals surface area contributed by atoms with E-state index in [4.69, 9.17) is 11.6 Å². The van der Waals surface area contributed by atoms with Crippen LogP contribution < -0.4 is 0 Å². The number of sulfone groups is 1. The van der Waals surface area contributed by atoms with Crippen LogP contribution in [0, 0.1) is 17.8 Å². The van der Waals surface area contributed by atoms with Crippen LogP contribution in [0.1, 0.15) is 84.5 Å². The van der Waals surface area contributed by atoms with Crippen molar-refractivity contribution in [3.05, 3.63) is 0 Å². The molecule has 5 rings (SSSR count). The number of fused-ring (bicyclic) bond motifs is 1. The highest BCUT2D eigenvalue weighted by molar-refractivity contribution is 7.92. The van der Waals surface area contributed by atoms with Crippen LogP contribution in [0.25, 0.3) is 0 Å². The Morgan fingerprint density at radius 2 is 1.58 bits per heavy atom. The van der Waals surface area contributed by atoms with Gasteiger partial charge in [0.15, 0.2) is 9.84 Å². The summed E-state index contributed by atoms with van der Waals surface area (Å²) in [4.78, 5) is 30.0. The number of carbonyl (C=O) groups excluding carboxylic acids is 2. The highest BCUT2D eigenvalue weighted by Crippen LogP contribution is 2.47. The monoisotopic (exact) mass is 498 g/mol. The maximum absolute atomic E-state index is 13.4. The topological polar surface area (TPSA) is 74.8 Å². The molecule has 0 aromatic heterocycles. The maximum Gasteiger partial charge on any atom is 0.226 e. The van der Waals surface area contributed by atoms with Gasteiger partial charge >= 0.3 is 0 Å². The first-order valence-electron chi connectivity index (χ1n) is 13.1. The predicted molar refractivity (Wildman–Crippen MR) is 129 cm³/mol. The quantitative estimate of drug-likeness (QED) is 0.553. The van der Waals surface area contributed by atoms with Gasteiger partial charge in [-0.2, -0.15) is 0 Å². The molecule has 0 aromatic rings. The fourth-order valence-corrected chi connectivity index (χ4v) is 10.2.